The van der Waals surface area contributed by atoms with Crippen LogP contribution in [0.25, 0.3) is 0 Å². The molecule has 0 amide bonds. The fourth-order valence-corrected chi connectivity index (χ4v) is 2.07. The molecule has 1 aromatic carbocycles. The topological polar surface area (TPSA) is 41.5 Å². The molecule has 0 saturated carbocycles. The van der Waals surface area contributed by atoms with Gasteiger partial charge in [-0.05, 0) is 31.4 Å². The number of aliphatic hydroxyl groups excluding tert-OH is 1. The summed E-state index contributed by atoms with van der Waals surface area (Å²) in [4.78, 5) is 0. The highest BCUT2D eigenvalue weighted by Gasteiger charge is 2.11. The summed E-state index contributed by atoms with van der Waals surface area (Å²) in [6.07, 6.45) is 6.40. The highest BCUT2D eigenvalue weighted by Crippen LogP contribution is 2.22. The van der Waals surface area contributed by atoms with Gasteiger partial charge in [-0.2, -0.15) is 0 Å². The van der Waals surface area contributed by atoms with Crippen LogP contribution in [-0.4, -0.2) is 30.4 Å². The van der Waals surface area contributed by atoms with Gasteiger partial charge in [0.15, 0.2) is 0 Å². The van der Waals surface area contributed by atoms with Crippen LogP contribution >= 0.6 is 0 Å². The Morgan fingerprint density at radius 1 is 1.35 bits per heavy atom. The molecule has 0 aliphatic rings. The SMILES string of the molecule is C#CCC(CC)NCC(O)COc1c(C)cccc1C. The van der Waals surface area contributed by atoms with Crippen molar-refractivity contribution in [2.75, 3.05) is 13.2 Å². The van der Waals surface area contributed by atoms with E-state index in [2.05, 4.69) is 18.2 Å². The van der Waals surface area contributed by atoms with Gasteiger partial charge in [0.25, 0.3) is 0 Å². The van der Waals surface area contributed by atoms with E-state index in [-0.39, 0.29) is 12.6 Å². The minimum absolute atomic E-state index is 0.259. The molecule has 2 unspecified atom stereocenters. The Bertz CT molecular complexity index is 431. The van der Waals surface area contributed by atoms with Gasteiger partial charge in [-0.1, -0.05) is 25.1 Å². The Morgan fingerprint density at radius 2 is 2.00 bits per heavy atom. The average molecular weight is 275 g/mol. The predicted octanol–water partition coefficient (Wildman–Crippen LogP) is 2.43. The van der Waals surface area contributed by atoms with Crippen molar-refractivity contribution in [1.29, 1.82) is 0 Å². The van der Waals surface area contributed by atoms with Crippen LogP contribution in [0.1, 0.15) is 30.9 Å². The van der Waals surface area contributed by atoms with Gasteiger partial charge in [-0.25, -0.2) is 0 Å². The van der Waals surface area contributed by atoms with Crippen LogP contribution < -0.4 is 10.1 Å². The number of rotatable bonds is 8. The van der Waals surface area contributed by atoms with Gasteiger partial charge in [0.2, 0.25) is 0 Å². The minimum Gasteiger partial charge on any atom is -0.490 e. The molecule has 0 aromatic heterocycles. The first-order valence-electron chi connectivity index (χ1n) is 7.12. The number of para-hydroxylation sites is 1. The number of aliphatic hydroxyl groups is 1. The second-order valence-corrected chi connectivity index (χ2v) is 5.11. The van der Waals surface area contributed by atoms with Crippen LogP contribution in [0.5, 0.6) is 5.75 Å². The fraction of sp³-hybridized carbons (Fsp3) is 0.529. The van der Waals surface area contributed by atoms with Gasteiger partial charge in [0.1, 0.15) is 18.5 Å². The summed E-state index contributed by atoms with van der Waals surface area (Å²) in [6, 6.07) is 6.27. The normalized spacial score (nSPS) is 13.6. The maximum Gasteiger partial charge on any atom is 0.125 e. The first kappa shape index (κ1) is 16.6. The van der Waals surface area contributed by atoms with E-state index in [1.165, 1.54) is 0 Å². The van der Waals surface area contributed by atoms with Crippen LogP contribution in [0.2, 0.25) is 0 Å². The average Bonchev–Trinajstić information content (AvgIpc) is 2.42. The first-order valence-corrected chi connectivity index (χ1v) is 7.12. The molecule has 3 heteroatoms. The zero-order chi connectivity index (χ0) is 15.0. The standard InChI is InChI=1S/C17H25NO2/c1-5-8-15(6-2)18-11-16(19)12-20-17-13(3)9-7-10-14(17)4/h1,7,9-10,15-16,18-19H,6,8,11-12H2,2-4H3. The first-order chi connectivity index (χ1) is 9.58. The fourth-order valence-electron chi connectivity index (χ4n) is 2.07. The molecule has 1 aromatic rings. The lowest BCUT2D eigenvalue weighted by Gasteiger charge is -2.19. The quantitative estimate of drug-likeness (QED) is 0.716. The third-order valence-electron chi connectivity index (χ3n) is 3.33. The Balaban J connectivity index is 2.40. The molecular formula is C17H25NO2. The molecule has 0 aliphatic heterocycles. The summed E-state index contributed by atoms with van der Waals surface area (Å²) >= 11 is 0. The zero-order valence-corrected chi connectivity index (χ0v) is 12.6. The summed E-state index contributed by atoms with van der Waals surface area (Å²) in [5.41, 5.74) is 2.17. The molecule has 3 nitrogen and oxygen atoms in total. The van der Waals surface area contributed by atoms with Crippen LogP contribution in [0, 0.1) is 26.2 Å². The van der Waals surface area contributed by atoms with Crippen LogP contribution in [0.4, 0.5) is 0 Å². The van der Waals surface area contributed by atoms with Crippen molar-refractivity contribution in [1.82, 2.24) is 5.32 Å². The number of terminal acetylenes is 1. The third-order valence-corrected chi connectivity index (χ3v) is 3.33. The second-order valence-electron chi connectivity index (χ2n) is 5.11. The largest absolute Gasteiger partial charge is 0.490 e. The van der Waals surface area contributed by atoms with Gasteiger partial charge < -0.3 is 15.2 Å². The molecule has 0 radical (unpaired) electrons. The molecule has 0 heterocycles. The van der Waals surface area contributed by atoms with Crippen LogP contribution in [0.15, 0.2) is 18.2 Å². The van der Waals surface area contributed by atoms with Crippen LogP contribution in [-0.2, 0) is 0 Å². The van der Waals surface area contributed by atoms with Crippen LogP contribution in [0.3, 0.4) is 0 Å². The van der Waals surface area contributed by atoms with Crippen molar-refractivity contribution >= 4 is 0 Å². The van der Waals surface area contributed by atoms with Gasteiger partial charge in [0, 0.05) is 19.0 Å². The molecule has 0 spiro atoms. The molecule has 2 N–H and O–H groups in total. The molecule has 1 rings (SSSR count). The highest BCUT2D eigenvalue weighted by atomic mass is 16.5. The minimum atomic E-state index is -0.541. The molecule has 0 aliphatic carbocycles. The number of nitrogens with one attached hydrogen (secondary N) is 1. The van der Waals surface area contributed by atoms with E-state index in [9.17, 15) is 5.11 Å². The summed E-state index contributed by atoms with van der Waals surface area (Å²) in [6.45, 7) is 6.87. The molecule has 0 fully saturated rings. The molecule has 0 saturated heterocycles. The van der Waals surface area contributed by atoms with E-state index in [1.54, 1.807) is 0 Å². The van der Waals surface area contributed by atoms with E-state index in [1.807, 2.05) is 32.0 Å². The van der Waals surface area contributed by atoms with Crippen molar-refractivity contribution in [3.05, 3.63) is 29.3 Å². The van der Waals surface area contributed by atoms with Gasteiger partial charge in [0.05, 0.1) is 0 Å². The summed E-state index contributed by atoms with van der Waals surface area (Å²) in [7, 11) is 0. The second kappa shape index (κ2) is 8.63. The van der Waals surface area contributed by atoms with E-state index >= 15 is 0 Å². The number of ether oxygens (including phenoxy) is 1. The van der Waals surface area contributed by atoms with Crippen molar-refractivity contribution in [2.24, 2.45) is 0 Å². The Kier molecular flexibility index (Phi) is 7.14. The Labute approximate surface area is 122 Å². The van der Waals surface area contributed by atoms with E-state index < -0.39 is 6.10 Å². The Morgan fingerprint density at radius 3 is 2.55 bits per heavy atom. The van der Waals surface area contributed by atoms with Crippen molar-refractivity contribution < 1.29 is 9.84 Å². The maximum atomic E-state index is 9.97. The number of hydrogen-bond donors (Lipinski definition) is 2. The van der Waals surface area contributed by atoms with E-state index in [0.717, 1.165) is 23.3 Å². The third kappa shape index (κ3) is 5.24. The summed E-state index contributed by atoms with van der Waals surface area (Å²) in [5.74, 6) is 3.50. The summed E-state index contributed by atoms with van der Waals surface area (Å²) in [5, 5.41) is 13.2. The molecule has 110 valence electrons. The van der Waals surface area contributed by atoms with E-state index in [4.69, 9.17) is 11.2 Å². The number of benzene rings is 1. The van der Waals surface area contributed by atoms with Crippen molar-refractivity contribution in [2.45, 2.75) is 45.8 Å². The molecule has 2 atom stereocenters. The number of aryl methyl sites for hydroxylation is 2. The van der Waals surface area contributed by atoms with Gasteiger partial charge >= 0.3 is 0 Å². The maximum absolute atomic E-state index is 9.97. The van der Waals surface area contributed by atoms with Gasteiger partial charge in [-0.3, -0.25) is 0 Å². The highest BCUT2D eigenvalue weighted by molar-refractivity contribution is 5.39. The molecular weight excluding hydrogens is 250 g/mol. The number of hydrogen-bond acceptors (Lipinski definition) is 3. The van der Waals surface area contributed by atoms with E-state index in [0.29, 0.717) is 13.0 Å². The smallest absolute Gasteiger partial charge is 0.125 e. The van der Waals surface area contributed by atoms with Gasteiger partial charge in [-0.15, -0.1) is 12.3 Å². The lowest BCUT2D eigenvalue weighted by Crippen LogP contribution is -2.37. The predicted molar refractivity (Wildman–Crippen MR) is 82.9 cm³/mol. The summed E-state index contributed by atoms with van der Waals surface area (Å²) < 4.78 is 5.72. The van der Waals surface area contributed by atoms with Crippen molar-refractivity contribution in [3.63, 3.8) is 0 Å². The Hall–Kier alpha value is -1.50. The lowest BCUT2D eigenvalue weighted by atomic mass is 10.1. The lowest BCUT2D eigenvalue weighted by molar-refractivity contribution is 0.103. The monoisotopic (exact) mass is 275 g/mol. The molecule has 0 bridgehead atoms. The molecule has 20 heavy (non-hydrogen) atoms. The van der Waals surface area contributed by atoms with Crippen molar-refractivity contribution in [3.8, 4) is 18.1 Å². The zero-order valence-electron chi connectivity index (χ0n) is 12.6.